The van der Waals surface area contributed by atoms with Gasteiger partial charge in [-0.1, -0.05) is 51.8 Å². The molecule has 0 saturated carbocycles. The molecular weight excluding hydrogens is 319 g/mol. The zero-order valence-corrected chi connectivity index (χ0v) is 11.6. The van der Waals surface area contributed by atoms with E-state index in [-0.39, 0.29) is 22.8 Å². The highest BCUT2D eigenvalue weighted by atomic mass is 79.9. The van der Waals surface area contributed by atoms with E-state index in [1.54, 1.807) is 24.3 Å². The fourth-order valence-corrected chi connectivity index (χ4v) is 2.38. The maximum atomic E-state index is 13.6. The zero-order chi connectivity index (χ0) is 13.1. The highest BCUT2D eigenvalue weighted by Gasteiger charge is 2.15. The molecule has 0 aliphatic rings. The van der Waals surface area contributed by atoms with E-state index in [1.807, 2.05) is 6.07 Å². The van der Waals surface area contributed by atoms with Crippen LogP contribution in [-0.2, 0) is 6.42 Å². The predicted octanol–water partition coefficient (Wildman–Crippen LogP) is 4.67. The first-order chi connectivity index (χ1) is 8.59. The summed E-state index contributed by atoms with van der Waals surface area (Å²) < 4.78 is 14.3. The summed E-state index contributed by atoms with van der Waals surface area (Å²) in [6.07, 6.45) is -0.0475. The first kappa shape index (κ1) is 13.2. The molecule has 2 aromatic carbocycles. The number of rotatable bonds is 3. The molecule has 0 fully saturated rings. The molecule has 2 aromatic rings. The Morgan fingerprint density at radius 3 is 2.56 bits per heavy atom. The smallest absolute Gasteiger partial charge is 0.168 e. The van der Waals surface area contributed by atoms with Crippen LogP contribution < -0.4 is 0 Å². The molecule has 0 N–H and O–H groups in total. The van der Waals surface area contributed by atoms with Gasteiger partial charge in [-0.25, -0.2) is 4.39 Å². The number of benzene rings is 2. The molecule has 92 valence electrons. The van der Waals surface area contributed by atoms with Gasteiger partial charge in [-0.15, -0.1) is 0 Å². The first-order valence-corrected chi connectivity index (χ1v) is 6.47. The number of halogens is 3. The fourth-order valence-electron chi connectivity index (χ4n) is 1.64. The predicted molar refractivity (Wildman–Crippen MR) is 73.6 cm³/mol. The van der Waals surface area contributed by atoms with Crippen LogP contribution in [0.4, 0.5) is 4.39 Å². The van der Waals surface area contributed by atoms with E-state index in [2.05, 4.69) is 15.9 Å². The van der Waals surface area contributed by atoms with Gasteiger partial charge in [0.2, 0.25) is 0 Å². The Labute approximate surface area is 118 Å². The highest BCUT2D eigenvalue weighted by molar-refractivity contribution is 9.10. The van der Waals surface area contributed by atoms with Gasteiger partial charge in [-0.2, -0.15) is 0 Å². The summed E-state index contributed by atoms with van der Waals surface area (Å²) >= 11 is 9.20. The minimum Gasteiger partial charge on any atom is -0.294 e. The minimum atomic E-state index is -0.456. The quantitative estimate of drug-likeness (QED) is 0.749. The van der Waals surface area contributed by atoms with Gasteiger partial charge in [0.15, 0.2) is 5.78 Å². The molecule has 4 heteroatoms. The molecule has 0 radical (unpaired) electrons. The number of carbonyl (C=O) groups is 1. The molecular formula is C14H9BrClFO. The lowest BCUT2D eigenvalue weighted by Crippen LogP contribution is -2.06. The largest absolute Gasteiger partial charge is 0.294 e. The van der Waals surface area contributed by atoms with Crippen LogP contribution in [0.3, 0.4) is 0 Å². The Balaban J connectivity index is 2.30. The van der Waals surface area contributed by atoms with E-state index in [4.69, 9.17) is 11.6 Å². The zero-order valence-electron chi connectivity index (χ0n) is 9.29. The van der Waals surface area contributed by atoms with Crippen LogP contribution in [0.1, 0.15) is 15.9 Å². The van der Waals surface area contributed by atoms with Crippen LogP contribution in [0, 0.1) is 5.82 Å². The average molecular weight is 328 g/mol. The molecule has 1 nitrogen and oxygen atoms in total. The number of carbonyl (C=O) groups excluding carboxylic acids is 1. The second-order valence-corrected chi connectivity index (χ2v) is 5.04. The second kappa shape index (κ2) is 5.63. The van der Waals surface area contributed by atoms with Gasteiger partial charge < -0.3 is 0 Å². The monoisotopic (exact) mass is 326 g/mol. The van der Waals surface area contributed by atoms with Crippen molar-refractivity contribution < 1.29 is 9.18 Å². The Morgan fingerprint density at radius 1 is 1.17 bits per heavy atom. The molecule has 0 atom stereocenters. The van der Waals surface area contributed by atoms with Gasteiger partial charge in [-0.05, 0) is 18.2 Å². The maximum absolute atomic E-state index is 13.6. The summed E-state index contributed by atoms with van der Waals surface area (Å²) in [6, 6.07) is 11.4. The lowest BCUT2D eigenvalue weighted by atomic mass is 10.0. The number of Topliss-reactive ketones (excluding diaryl/α,β-unsaturated/α-hetero) is 1. The maximum Gasteiger partial charge on any atom is 0.168 e. The third-order valence-corrected chi connectivity index (χ3v) is 3.62. The topological polar surface area (TPSA) is 17.1 Å². The van der Waals surface area contributed by atoms with Crippen molar-refractivity contribution in [2.45, 2.75) is 6.42 Å². The molecule has 2 rings (SSSR count). The van der Waals surface area contributed by atoms with Gasteiger partial charge >= 0.3 is 0 Å². The molecule has 18 heavy (non-hydrogen) atoms. The standard InChI is InChI=1S/C14H9BrClFO/c15-11-5-2-1-4-9(11)14(18)8-10-12(16)6-3-7-13(10)17/h1-7H,8H2. The van der Waals surface area contributed by atoms with Gasteiger partial charge in [-0.3, -0.25) is 4.79 Å². The van der Waals surface area contributed by atoms with E-state index in [9.17, 15) is 9.18 Å². The number of hydrogen-bond donors (Lipinski definition) is 0. The molecule has 0 aliphatic carbocycles. The summed E-state index contributed by atoms with van der Waals surface area (Å²) in [5.41, 5.74) is 0.761. The molecule has 0 bridgehead atoms. The van der Waals surface area contributed by atoms with Crippen LogP contribution in [0.15, 0.2) is 46.9 Å². The van der Waals surface area contributed by atoms with Crippen LogP contribution in [-0.4, -0.2) is 5.78 Å². The minimum absolute atomic E-state index is 0.0475. The third kappa shape index (κ3) is 2.79. The Morgan fingerprint density at radius 2 is 1.89 bits per heavy atom. The van der Waals surface area contributed by atoms with Gasteiger partial charge in [0.25, 0.3) is 0 Å². The lowest BCUT2D eigenvalue weighted by molar-refractivity contribution is 0.0991. The van der Waals surface area contributed by atoms with Crippen molar-refractivity contribution in [3.8, 4) is 0 Å². The molecule has 0 heterocycles. The van der Waals surface area contributed by atoms with Crippen LogP contribution in [0.25, 0.3) is 0 Å². The summed E-state index contributed by atoms with van der Waals surface area (Å²) in [4.78, 5) is 12.1. The highest BCUT2D eigenvalue weighted by Crippen LogP contribution is 2.23. The summed E-state index contributed by atoms with van der Waals surface area (Å²) in [6.45, 7) is 0. The normalized spacial score (nSPS) is 10.4. The first-order valence-electron chi connectivity index (χ1n) is 5.30. The lowest BCUT2D eigenvalue weighted by Gasteiger charge is -2.06. The molecule has 0 amide bonds. The number of ketones is 1. The van der Waals surface area contributed by atoms with Crippen LogP contribution >= 0.6 is 27.5 Å². The Hall–Kier alpha value is -1.19. The summed E-state index contributed by atoms with van der Waals surface area (Å²) in [5, 5.41) is 0.274. The Bertz CT molecular complexity index is 578. The van der Waals surface area contributed by atoms with E-state index < -0.39 is 5.82 Å². The van der Waals surface area contributed by atoms with Crippen molar-refractivity contribution in [2.75, 3.05) is 0 Å². The van der Waals surface area contributed by atoms with Crippen molar-refractivity contribution in [1.29, 1.82) is 0 Å². The molecule has 0 aliphatic heterocycles. The third-order valence-electron chi connectivity index (χ3n) is 2.57. The number of hydrogen-bond acceptors (Lipinski definition) is 1. The molecule has 0 aromatic heterocycles. The van der Waals surface area contributed by atoms with Gasteiger partial charge in [0.1, 0.15) is 5.82 Å². The van der Waals surface area contributed by atoms with Crippen LogP contribution in [0.5, 0.6) is 0 Å². The van der Waals surface area contributed by atoms with Crippen molar-refractivity contribution in [1.82, 2.24) is 0 Å². The van der Waals surface area contributed by atoms with Gasteiger partial charge in [0.05, 0.1) is 0 Å². The van der Waals surface area contributed by atoms with E-state index in [0.717, 1.165) is 0 Å². The van der Waals surface area contributed by atoms with E-state index in [1.165, 1.54) is 12.1 Å². The summed E-state index contributed by atoms with van der Waals surface area (Å²) in [5.74, 6) is -0.627. The Kier molecular flexibility index (Phi) is 4.15. The van der Waals surface area contributed by atoms with Crippen molar-refractivity contribution in [2.24, 2.45) is 0 Å². The molecule has 0 saturated heterocycles. The van der Waals surface area contributed by atoms with Crippen molar-refractivity contribution in [3.05, 3.63) is 68.9 Å². The average Bonchev–Trinajstić information content (AvgIpc) is 2.34. The van der Waals surface area contributed by atoms with Crippen molar-refractivity contribution >= 4 is 33.3 Å². The second-order valence-electron chi connectivity index (χ2n) is 3.78. The molecule has 0 unspecified atom stereocenters. The van der Waals surface area contributed by atoms with Gasteiger partial charge in [0, 0.05) is 27.0 Å². The SMILES string of the molecule is O=C(Cc1c(F)cccc1Cl)c1ccccc1Br. The fraction of sp³-hybridized carbons (Fsp3) is 0.0714. The van der Waals surface area contributed by atoms with Crippen LogP contribution in [0.2, 0.25) is 5.02 Å². The summed E-state index contributed by atoms with van der Waals surface area (Å²) in [7, 11) is 0. The van der Waals surface area contributed by atoms with Crippen molar-refractivity contribution in [3.63, 3.8) is 0 Å². The molecule has 0 spiro atoms. The van der Waals surface area contributed by atoms with E-state index >= 15 is 0 Å². The van der Waals surface area contributed by atoms with E-state index in [0.29, 0.717) is 10.0 Å².